The van der Waals surface area contributed by atoms with Crippen LogP contribution in [0.2, 0.25) is 0 Å². The molecule has 244 valence electrons. The third-order valence-corrected chi connectivity index (χ3v) is 11.6. The molecule has 1 nitrogen and oxygen atoms in total. The minimum Gasteiger partial charge on any atom is -0.309 e. The van der Waals surface area contributed by atoms with Gasteiger partial charge in [0, 0.05) is 16.5 Å². The first-order valence-electron chi connectivity index (χ1n) is 18.4. The molecule has 1 atom stereocenters. The number of benzene rings is 7. The zero-order valence-electron chi connectivity index (χ0n) is 28.9. The van der Waals surface area contributed by atoms with Gasteiger partial charge in [0.1, 0.15) is 0 Å². The summed E-state index contributed by atoms with van der Waals surface area (Å²) in [6.45, 7) is 2.40. The van der Waals surface area contributed by atoms with Gasteiger partial charge in [-0.15, -0.1) is 0 Å². The lowest BCUT2D eigenvalue weighted by atomic mass is 9.67. The molecule has 0 N–H and O–H groups in total. The second-order valence-electron chi connectivity index (χ2n) is 14.4. The zero-order chi connectivity index (χ0) is 33.9. The highest BCUT2D eigenvalue weighted by atomic mass is 15.0. The van der Waals surface area contributed by atoms with Crippen molar-refractivity contribution in [1.29, 1.82) is 0 Å². The van der Waals surface area contributed by atoms with Gasteiger partial charge < -0.3 is 4.57 Å². The maximum atomic E-state index is 2.54. The summed E-state index contributed by atoms with van der Waals surface area (Å²) in [5, 5.41) is 2.56. The highest BCUT2D eigenvalue weighted by Crippen LogP contribution is 2.57. The van der Waals surface area contributed by atoms with E-state index in [1.165, 1.54) is 96.0 Å². The molecule has 0 saturated carbocycles. The molecule has 10 rings (SSSR count). The van der Waals surface area contributed by atoms with Crippen LogP contribution in [-0.2, 0) is 5.41 Å². The van der Waals surface area contributed by atoms with Crippen LogP contribution in [0.4, 0.5) is 0 Å². The molecule has 0 fully saturated rings. The second kappa shape index (κ2) is 11.9. The van der Waals surface area contributed by atoms with E-state index < -0.39 is 5.41 Å². The van der Waals surface area contributed by atoms with Crippen LogP contribution in [-0.4, -0.2) is 4.57 Å². The first-order valence-corrected chi connectivity index (χ1v) is 18.4. The van der Waals surface area contributed by atoms with E-state index in [4.69, 9.17) is 0 Å². The predicted molar refractivity (Wildman–Crippen MR) is 215 cm³/mol. The third kappa shape index (κ3) is 4.54. The smallest absolute Gasteiger partial charge is 0.0714 e. The van der Waals surface area contributed by atoms with Crippen LogP contribution in [0.5, 0.6) is 0 Å². The molecular weight excluding hydrogens is 615 g/mol. The summed E-state index contributed by atoms with van der Waals surface area (Å²) in [4.78, 5) is 0. The van der Waals surface area contributed by atoms with Gasteiger partial charge in [-0.25, -0.2) is 0 Å². The molecule has 0 bridgehead atoms. The van der Waals surface area contributed by atoms with Gasteiger partial charge in [0.05, 0.1) is 16.4 Å². The monoisotopic (exact) mass is 653 g/mol. The SMILES string of the molecule is CC1CCCC=C1c1cc(-c2ccccc2)cc(-n2c3ccccc3c3cc4c(cc32)C(c2ccccc2)(c2ccccc2)c2ccccc2-4)c1. The van der Waals surface area contributed by atoms with Gasteiger partial charge >= 0.3 is 0 Å². The van der Waals surface area contributed by atoms with Crippen molar-refractivity contribution < 1.29 is 0 Å². The summed E-state index contributed by atoms with van der Waals surface area (Å²) in [5.41, 5.74) is 16.4. The van der Waals surface area contributed by atoms with Crippen LogP contribution in [0.25, 0.3) is 55.3 Å². The molecule has 2 aliphatic carbocycles. The number of hydrogen-bond donors (Lipinski definition) is 0. The molecule has 7 aromatic carbocycles. The van der Waals surface area contributed by atoms with E-state index in [-0.39, 0.29) is 0 Å². The van der Waals surface area contributed by atoms with Crippen LogP contribution >= 0.6 is 0 Å². The minimum atomic E-state index is -0.455. The fourth-order valence-corrected chi connectivity index (χ4v) is 9.33. The first-order chi connectivity index (χ1) is 25.2. The van der Waals surface area contributed by atoms with Crippen LogP contribution in [0, 0.1) is 5.92 Å². The molecule has 0 aliphatic heterocycles. The van der Waals surface area contributed by atoms with Crippen LogP contribution < -0.4 is 0 Å². The van der Waals surface area contributed by atoms with E-state index in [2.05, 4.69) is 187 Å². The van der Waals surface area contributed by atoms with Crippen molar-refractivity contribution in [3.8, 4) is 27.9 Å². The van der Waals surface area contributed by atoms with E-state index in [9.17, 15) is 0 Å². The molecule has 1 unspecified atom stereocenters. The molecular formula is C50H39N. The Morgan fingerprint density at radius 3 is 1.90 bits per heavy atom. The Morgan fingerprint density at radius 2 is 1.16 bits per heavy atom. The molecule has 1 aromatic heterocycles. The predicted octanol–water partition coefficient (Wildman–Crippen LogP) is 13.0. The standard InChI is InChI=1S/C50H39N/c1-34-17-11-12-24-41(34)37-29-36(35-18-5-2-6-19-35)30-40(31-37)51-48-28-16-14-26-43(48)45-32-44-42-25-13-15-27-46(42)50(47(44)33-49(45)51,38-20-7-3-8-21-38)39-22-9-4-10-23-39/h2-10,13-16,18-34H,11-12,17H2,1H3. The van der Waals surface area contributed by atoms with Crippen molar-refractivity contribution in [1.82, 2.24) is 4.57 Å². The second-order valence-corrected chi connectivity index (χ2v) is 14.4. The Hall–Kier alpha value is -5.92. The van der Waals surface area contributed by atoms with Crippen molar-refractivity contribution in [3.63, 3.8) is 0 Å². The summed E-state index contributed by atoms with van der Waals surface area (Å²) in [6, 6.07) is 63.5. The Morgan fingerprint density at radius 1 is 0.510 bits per heavy atom. The van der Waals surface area contributed by atoms with Gasteiger partial charge in [-0.1, -0.05) is 146 Å². The molecule has 0 saturated heterocycles. The summed E-state index contributed by atoms with van der Waals surface area (Å²) in [7, 11) is 0. The lowest BCUT2D eigenvalue weighted by Crippen LogP contribution is -2.28. The normalized spacial score (nSPS) is 16.2. The van der Waals surface area contributed by atoms with E-state index in [0.717, 1.165) is 6.42 Å². The van der Waals surface area contributed by atoms with Crippen molar-refractivity contribution in [2.75, 3.05) is 0 Å². The molecule has 1 heterocycles. The van der Waals surface area contributed by atoms with Gasteiger partial charge in [-0.3, -0.25) is 0 Å². The maximum absolute atomic E-state index is 2.54. The number of hydrogen-bond acceptors (Lipinski definition) is 0. The average Bonchev–Trinajstić information content (AvgIpc) is 3.68. The van der Waals surface area contributed by atoms with Crippen molar-refractivity contribution in [3.05, 3.63) is 204 Å². The van der Waals surface area contributed by atoms with Crippen molar-refractivity contribution in [2.45, 2.75) is 31.6 Å². The number of allylic oxidation sites excluding steroid dienone is 2. The fourth-order valence-electron chi connectivity index (χ4n) is 9.33. The largest absolute Gasteiger partial charge is 0.309 e. The number of rotatable bonds is 5. The molecule has 0 radical (unpaired) electrons. The highest BCUT2D eigenvalue weighted by Gasteiger charge is 2.46. The van der Waals surface area contributed by atoms with Crippen molar-refractivity contribution in [2.24, 2.45) is 5.92 Å². The molecule has 1 heteroatoms. The summed E-state index contributed by atoms with van der Waals surface area (Å²) < 4.78 is 2.54. The maximum Gasteiger partial charge on any atom is 0.0714 e. The van der Waals surface area contributed by atoms with Gasteiger partial charge in [0.15, 0.2) is 0 Å². The highest BCUT2D eigenvalue weighted by molar-refractivity contribution is 6.12. The van der Waals surface area contributed by atoms with Crippen molar-refractivity contribution >= 4 is 27.4 Å². The first kappa shape index (κ1) is 29.9. The third-order valence-electron chi connectivity index (χ3n) is 11.6. The fraction of sp³-hybridized carbons (Fsp3) is 0.120. The van der Waals surface area contributed by atoms with E-state index in [1.807, 2.05) is 0 Å². The van der Waals surface area contributed by atoms with Gasteiger partial charge in [0.25, 0.3) is 0 Å². The summed E-state index contributed by atoms with van der Waals surface area (Å²) in [5.74, 6) is 0.537. The average molecular weight is 654 g/mol. The summed E-state index contributed by atoms with van der Waals surface area (Å²) >= 11 is 0. The number of nitrogens with zero attached hydrogens (tertiary/aromatic N) is 1. The molecule has 0 spiro atoms. The van der Waals surface area contributed by atoms with Crippen LogP contribution in [0.3, 0.4) is 0 Å². The van der Waals surface area contributed by atoms with Crippen LogP contribution in [0.15, 0.2) is 176 Å². The minimum absolute atomic E-state index is 0.455. The summed E-state index contributed by atoms with van der Waals surface area (Å²) in [6.07, 6.45) is 6.14. The number of para-hydroxylation sites is 1. The van der Waals surface area contributed by atoms with Crippen LogP contribution in [0.1, 0.15) is 54.0 Å². The Bertz CT molecular complexity index is 2570. The molecule has 8 aromatic rings. The molecule has 0 amide bonds. The lowest BCUT2D eigenvalue weighted by molar-refractivity contribution is 0.601. The number of fused-ring (bicyclic) bond motifs is 6. The lowest BCUT2D eigenvalue weighted by Gasteiger charge is -2.34. The zero-order valence-corrected chi connectivity index (χ0v) is 28.9. The Labute approximate surface area is 300 Å². The quantitative estimate of drug-likeness (QED) is 0.174. The Balaban J connectivity index is 1.32. The van der Waals surface area contributed by atoms with Gasteiger partial charge in [-0.05, 0) is 117 Å². The van der Waals surface area contributed by atoms with E-state index >= 15 is 0 Å². The Kier molecular flexibility index (Phi) is 6.96. The van der Waals surface area contributed by atoms with Gasteiger partial charge in [-0.2, -0.15) is 0 Å². The molecule has 51 heavy (non-hydrogen) atoms. The van der Waals surface area contributed by atoms with E-state index in [1.54, 1.807) is 0 Å². The topological polar surface area (TPSA) is 4.93 Å². The van der Waals surface area contributed by atoms with Gasteiger partial charge in [0.2, 0.25) is 0 Å². The molecule has 2 aliphatic rings. The van der Waals surface area contributed by atoms with E-state index in [0.29, 0.717) is 5.92 Å². The number of aromatic nitrogens is 1.